The fourth-order valence-corrected chi connectivity index (χ4v) is 4.88. The van der Waals surface area contributed by atoms with Crippen molar-refractivity contribution >= 4 is 27.5 Å². The molecule has 2 aromatic carbocycles. The number of likely N-dealkylation sites (tertiary alicyclic amines) is 1. The highest BCUT2D eigenvalue weighted by molar-refractivity contribution is 7.18. The molecule has 1 saturated heterocycles. The Morgan fingerprint density at radius 2 is 1.96 bits per heavy atom. The molecule has 0 bridgehead atoms. The zero-order valence-electron chi connectivity index (χ0n) is 14.9. The van der Waals surface area contributed by atoms with Crippen molar-refractivity contribution in [3.63, 3.8) is 0 Å². The van der Waals surface area contributed by atoms with Crippen LogP contribution in [0.1, 0.15) is 34.1 Å². The quantitative estimate of drug-likeness (QED) is 0.672. The number of fused-ring (bicyclic) bond motifs is 2. The summed E-state index contributed by atoms with van der Waals surface area (Å²) in [4.78, 5) is 19.8. The van der Waals surface area contributed by atoms with Gasteiger partial charge in [0.25, 0.3) is 5.91 Å². The van der Waals surface area contributed by atoms with E-state index in [1.165, 1.54) is 4.70 Å². The van der Waals surface area contributed by atoms with Crippen LogP contribution in [-0.4, -0.2) is 42.1 Å². The number of aromatic nitrogens is 1. The van der Waals surface area contributed by atoms with E-state index < -0.39 is 0 Å². The van der Waals surface area contributed by atoms with E-state index in [1.54, 1.807) is 17.4 Å². The molecular weight excluding hydrogens is 360 g/mol. The predicted molar refractivity (Wildman–Crippen MR) is 105 cm³/mol. The highest BCUT2D eigenvalue weighted by Crippen LogP contribution is 2.35. The first-order valence-electron chi connectivity index (χ1n) is 9.32. The molecule has 5 rings (SSSR count). The molecule has 27 heavy (non-hydrogen) atoms. The van der Waals surface area contributed by atoms with Gasteiger partial charge in [0.1, 0.15) is 13.2 Å². The molecule has 5 nitrogen and oxygen atoms in total. The Morgan fingerprint density at radius 3 is 2.85 bits per heavy atom. The maximum Gasteiger partial charge on any atom is 0.254 e. The van der Waals surface area contributed by atoms with Crippen molar-refractivity contribution in [2.75, 3.05) is 26.3 Å². The normalized spacial score (nSPS) is 19.3. The van der Waals surface area contributed by atoms with E-state index in [0.717, 1.165) is 29.9 Å². The van der Waals surface area contributed by atoms with Gasteiger partial charge in [-0.15, -0.1) is 11.3 Å². The number of hydrogen-bond acceptors (Lipinski definition) is 5. The van der Waals surface area contributed by atoms with Crippen LogP contribution in [0.4, 0.5) is 0 Å². The minimum Gasteiger partial charge on any atom is -0.486 e. The minimum atomic E-state index is 0.0535. The first-order chi connectivity index (χ1) is 13.3. The second-order valence-electron chi connectivity index (χ2n) is 6.97. The van der Waals surface area contributed by atoms with Crippen molar-refractivity contribution in [2.24, 2.45) is 0 Å². The number of para-hydroxylation sites is 1. The summed E-state index contributed by atoms with van der Waals surface area (Å²) in [6.07, 6.45) is 2.07. The summed E-state index contributed by atoms with van der Waals surface area (Å²) in [5.74, 6) is 1.73. The zero-order chi connectivity index (χ0) is 18.2. The summed E-state index contributed by atoms with van der Waals surface area (Å²) >= 11 is 1.75. The SMILES string of the molecule is O=C(c1ccc2c(c1)OCCO2)N1CCC[C@@H](c2nc3ccccc3s2)C1. The van der Waals surface area contributed by atoms with Crippen molar-refractivity contribution in [3.8, 4) is 11.5 Å². The van der Waals surface area contributed by atoms with Gasteiger partial charge in [0.05, 0.1) is 15.2 Å². The van der Waals surface area contributed by atoms with Gasteiger partial charge in [-0.05, 0) is 43.2 Å². The highest BCUT2D eigenvalue weighted by Gasteiger charge is 2.28. The molecule has 3 aromatic rings. The number of rotatable bonds is 2. The molecule has 0 N–H and O–H groups in total. The van der Waals surface area contributed by atoms with Gasteiger partial charge in [-0.2, -0.15) is 0 Å². The van der Waals surface area contributed by atoms with Gasteiger partial charge < -0.3 is 14.4 Å². The van der Waals surface area contributed by atoms with Crippen LogP contribution >= 0.6 is 11.3 Å². The molecule has 1 amide bonds. The summed E-state index contributed by atoms with van der Waals surface area (Å²) in [6.45, 7) is 2.58. The maximum atomic E-state index is 13.0. The van der Waals surface area contributed by atoms with Crippen LogP contribution in [-0.2, 0) is 0 Å². The Kier molecular flexibility index (Phi) is 4.20. The van der Waals surface area contributed by atoms with Gasteiger partial charge in [-0.25, -0.2) is 4.98 Å². The standard InChI is InChI=1S/C21H20N2O3S/c24-21(14-7-8-17-18(12-14)26-11-10-25-17)23-9-3-4-15(13-23)20-22-16-5-1-2-6-19(16)27-20/h1-2,5-8,12,15H,3-4,9-11,13H2/t15-/m1/s1. The average Bonchev–Trinajstić information content (AvgIpc) is 3.17. The minimum absolute atomic E-state index is 0.0535. The number of piperidine rings is 1. The Labute approximate surface area is 161 Å². The molecule has 0 saturated carbocycles. The van der Waals surface area contributed by atoms with E-state index in [1.807, 2.05) is 29.2 Å². The number of thiazole rings is 1. The van der Waals surface area contributed by atoms with Crippen LogP contribution in [0.3, 0.4) is 0 Å². The van der Waals surface area contributed by atoms with Crippen molar-refractivity contribution in [1.82, 2.24) is 9.88 Å². The van der Waals surface area contributed by atoms with Crippen molar-refractivity contribution in [3.05, 3.63) is 53.0 Å². The maximum absolute atomic E-state index is 13.0. The Morgan fingerprint density at radius 1 is 1.11 bits per heavy atom. The van der Waals surface area contributed by atoms with Crippen LogP contribution in [0.15, 0.2) is 42.5 Å². The molecule has 0 spiro atoms. The zero-order valence-corrected chi connectivity index (χ0v) is 15.7. The van der Waals surface area contributed by atoms with Crippen LogP contribution in [0.25, 0.3) is 10.2 Å². The fraction of sp³-hybridized carbons (Fsp3) is 0.333. The summed E-state index contributed by atoms with van der Waals surface area (Å²) in [7, 11) is 0. The summed E-state index contributed by atoms with van der Waals surface area (Å²) in [5.41, 5.74) is 1.71. The molecule has 1 fully saturated rings. The molecule has 1 aromatic heterocycles. The molecule has 2 aliphatic rings. The molecule has 6 heteroatoms. The van der Waals surface area contributed by atoms with Gasteiger partial charge in [0, 0.05) is 24.6 Å². The Bertz CT molecular complexity index is 967. The number of nitrogens with zero attached hydrogens (tertiary/aromatic N) is 2. The van der Waals surface area contributed by atoms with Crippen LogP contribution in [0.2, 0.25) is 0 Å². The third-order valence-electron chi connectivity index (χ3n) is 5.16. The van der Waals surface area contributed by atoms with Crippen LogP contribution in [0.5, 0.6) is 11.5 Å². The van der Waals surface area contributed by atoms with E-state index in [2.05, 4.69) is 12.1 Å². The Hall–Kier alpha value is -2.60. The fourth-order valence-electron chi connectivity index (χ4n) is 3.79. The van der Waals surface area contributed by atoms with Crippen molar-refractivity contribution in [1.29, 1.82) is 0 Å². The van der Waals surface area contributed by atoms with Crippen LogP contribution < -0.4 is 9.47 Å². The average molecular weight is 380 g/mol. The molecule has 2 aliphatic heterocycles. The third-order valence-corrected chi connectivity index (χ3v) is 6.36. The second kappa shape index (κ2) is 6.85. The molecule has 0 unspecified atom stereocenters. The van der Waals surface area contributed by atoms with Gasteiger partial charge >= 0.3 is 0 Å². The van der Waals surface area contributed by atoms with E-state index >= 15 is 0 Å². The summed E-state index contributed by atoms with van der Waals surface area (Å²) in [6, 6.07) is 13.7. The lowest BCUT2D eigenvalue weighted by Gasteiger charge is -2.32. The second-order valence-corrected chi connectivity index (χ2v) is 8.03. The smallest absolute Gasteiger partial charge is 0.254 e. The Balaban J connectivity index is 1.36. The first-order valence-corrected chi connectivity index (χ1v) is 10.1. The van der Waals surface area contributed by atoms with E-state index in [0.29, 0.717) is 42.7 Å². The lowest BCUT2D eigenvalue weighted by Crippen LogP contribution is -2.39. The first kappa shape index (κ1) is 16.6. The van der Waals surface area contributed by atoms with Crippen molar-refractivity contribution < 1.29 is 14.3 Å². The highest BCUT2D eigenvalue weighted by atomic mass is 32.1. The van der Waals surface area contributed by atoms with Gasteiger partial charge in [-0.1, -0.05) is 12.1 Å². The monoisotopic (exact) mass is 380 g/mol. The number of benzene rings is 2. The molecule has 138 valence electrons. The molecule has 0 aliphatic carbocycles. The third kappa shape index (κ3) is 3.14. The largest absolute Gasteiger partial charge is 0.486 e. The van der Waals surface area contributed by atoms with Gasteiger partial charge in [0.15, 0.2) is 11.5 Å². The molecule has 3 heterocycles. The number of carbonyl (C=O) groups is 1. The van der Waals surface area contributed by atoms with E-state index in [9.17, 15) is 4.79 Å². The summed E-state index contributed by atoms with van der Waals surface area (Å²) in [5, 5.41) is 1.14. The van der Waals surface area contributed by atoms with Gasteiger partial charge in [0.2, 0.25) is 0 Å². The topological polar surface area (TPSA) is 51.7 Å². The lowest BCUT2D eigenvalue weighted by molar-refractivity contribution is 0.0706. The molecule has 0 radical (unpaired) electrons. The number of carbonyl (C=O) groups excluding carboxylic acids is 1. The molecule has 1 atom stereocenters. The summed E-state index contributed by atoms with van der Waals surface area (Å²) < 4.78 is 12.4. The molecular formula is C21H20N2O3S. The van der Waals surface area contributed by atoms with Crippen LogP contribution in [0, 0.1) is 0 Å². The van der Waals surface area contributed by atoms with Crippen molar-refractivity contribution in [2.45, 2.75) is 18.8 Å². The van der Waals surface area contributed by atoms with E-state index in [4.69, 9.17) is 14.5 Å². The number of amides is 1. The lowest BCUT2D eigenvalue weighted by atomic mass is 9.98. The number of hydrogen-bond donors (Lipinski definition) is 0. The van der Waals surface area contributed by atoms with E-state index in [-0.39, 0.29) is 5.91 Å². The number of ether oxygens (including phenoxy) is 2. The van der Waals surface area contributed by atoms with Gasteiger partial charge in [-0.3, -0.25) is 4.79 Å². The predicted octanol–water partition coefficient (Wildman–Crippen LogP) is 4.09.